The minimum Gasteiger partial charge on any atom is -0.378 e. The molecule has 48 heavy (non-hydrogen) atoms. The highest BCUT2D eigenvalue weighted by Crippen LogP contribution is 2.40. The van der Waals surface area contributed by atoms with Crippen molar-refractivity contribution in [3.05, 3.63) is 187 Å². The molecule has 0 saturated heterocycles. The van der Waals surface area contributed by atoms with Crippen LogP contribution in [-0.4, -0.2) is 11.6 Å². The first-order valence-corrected chi connectivity index (χ1v) is 16.9. The summed E-state index contributed by atoms with van der Waals surface area (Å²) in [7, 11) is 0. The Labute approximate surface area is 285 Å². The lowest BCUT2D eigenvalue weighted by Crippen LogP contribution is -2.42. The number of benzene rings is 5. The number of allylic oxidation sites excluding steroid dienone is 4. The molecule has 2 N–H and O–H groups in total. The van der Waals surface area contributed by atoms with Crippen LogP contribution in [0.25, 0.3) is 11.1 Å². The van der Waals surface area contributed by atoms with Gasteiger partial charge in [0, 0.05) is 28.4 Å². The third kappa shape index (κ3) is 6.91. The maximum Gasteiger partial charge on any atom is 0.0643 e. The van der Waals surface area contributed by atoms with Crippen molar-refractivity contribution in [2.75, 3.05) is 15.5 Å². The van der Waals surface area contributed by atoms with Crippen molar-refractivity contribution in [1.29, 1.82) is 0 Å². The van der Waals surface area contributed by atoms with Crippen LogP contribution >= 0.6 is 0 Å². The summed E-state index contributed by atoms with van der Waals surface area (Å²) in [5, 5.41) is 7.22. The van der Waals surface area contributed by atoms with Gasteiger partial charge in [0.25, 0.3) is 0 Å². The molecule has 3 unspecified atom stereocenters. The van der Waals surface area contributed by atoms with Crippen LogP contribution in [0.1, 0.15) is 37.0 Å². The summed E-state index contributed by atoms with van der Waals surface area (Å²) >= 11 is 0. The second-order valence-electron chi connectivity index (χ2n) is 13.2. The highest BCUT2D eigenvalue weighted by molar-refractivity contribution is 5.79. The fraction of sp³-hybridized carbons (Fsp3) is 0.156. The Balaban J connectivity index is 0.990. The standard InChI is InChI=1S/C45H43N3/c1-33-14-25-43(26-15-33)48(42-12-8-5-9-13-42)45(3)30-28-37(29-31-45)35-16-23-41(24-17-35)47-44-27-20-38(32-34(44)2)36-18-21-40(22-19-36)46-39-10-6-4-7-11-39/h4-30,32,34,44,46-47H,31H2,1-3H3. The molecule has 0 amide bonds. The monoisotopic (exact) mass is 625 g/mol. The van der Waals surface area contributed by atoms with E-state index < -0.39 is 0 Å². The van der Waals surface area contributed by atoms with Gasteiger partial charge >= 0.3 is 0 Å². The summed E-state index contributed by atoms with van der Waals surface area (Å²) < 4.78 is 0. The van der Waals surface area contributed by atoms with Crippen molar-refractivity contribution < 1.29 is 0 Å². The topological polar surface area (TPSA) is 27.3 Å². The second kappa shape index (κ2) is 13.7. The lowest BCUT2D eigenvalue weighted by Gasteiger charge is -2.42. The zero-order valence-corrected chi connectivity index (χ0v) is 28.0. The third-order valence-corrected chi connectivity index (χ3v) is 9.50. The Hall–Kier alpha value is -5.54. The Bertz CT molecular complexity index is 1950. The van der Waals surface area contributed by atoms with Crippen LogP contribution in [-0.2, 0) is 0 Å². The average Bonchev–Trinajstić information content (AvgIpc) is 3.12. The van der Waals surface area contributed by atoms with Gasteiger partial charge in [0.05, 0.1) is 11.6 Å². The van der Waals surface area contributed by atoms with Gasteiger partial charge in [0.15, 0.2) is 0 Å². The van der Waals surface area contributed by atoms with E-state index in [9.17, 15) is 0 Å². The minimum atomic E-state index is -0.182. The Morgan fingerprint density at radius 3 is 1.83 bits per heavy atom. The van der Waals surface area contributed by atoms with Gasteiger partial charge in [-0.15, -0.1) is 0 Å². The molecule has 3 heteroatoms. The highest BCUT2D eigenvalue weighted by Gasteiger charge is 2.32. The van der Waals surface area contributed by atoms with E-state index in [1.54, 1.807) is 0 Å². The van der Waals surface area contributed by atoms with Crippen molar-refractivity contribution in [2.45, 2.75) is 38.8 Å². The minimum absolute atomic E-state index is 0.182. The van der Waals surface area contributed by atoms with Crippen LogP contribution in [0.3, 0.4) is 0 Å². The smallest absolute Gasteiger partial charge is 0.0643 e. The van der Waals surface area contributed by atoms with Crippen LogP contribution < -0.4 is 15.5 Å². The Kier molecular flexibility index (Phi) is 8.85. The quantitative estimate of drug-likeness (QED) is 0.171. The fourth-order valence-electron chi connectivity index (χ4n) is 6.69. The predicted molar refractivity (Wildman–Crippen MR) is 206 cm³/mol. The number of para-hydroxylation sites is 2. The van der Waals surface area contributed by atoms with Gasteiger partial charge in [-0.1, -0.05) is 122 Å². The van der Waals surface area contributed by atoms with Crippen molar-refractivity contribution in [1.82, 2.24) is 0 Å². The molecule has 2 aliphatic carbocycles. The van der Waals surface area contributed by atoms with E-state index >= 15 is 0 Å². The molecule has 5 aromatic carbocycles. The van der Waals surface area contributed by atoms with Gasteiger partial charge in [0.2, 0.25) is 0 Å². The molecule has 0 heterocycles. The maximum absolute atomic E-state index is 3.75. The van der Waals surface area contributed by atoms with E-state index in [4.69, 9.17) is 0 Å². The summed E-state index contributed by atoms with van der Waals surface area (Å²) in [6, 6.07) is 47.6. The van der Waals surface area contributed by atoms with Crippen molar-refractivity contribution in [2.24, 2.45) is 5.92 Å². The molecule has 0 aliphatic heterocycles. The SMILES string of the molecule is Cc1ccc(N(c2ccccc2)C2(C)C=CC(c3ccc(NC4C=CC(c5ccc(Nc6ccccc6)cc5)=CC4C)cc3)=CC2)cc1. The highest BCUT2D eigenvalue weighted by atomic mass is 15.2. The summed E-state index contributed by atoms with van der Waals surface area (Å²) in [5.74, 6) is 0.356. The van der Waals surface area contributed by atoms with E-state index in [1.165, 1.54) is 39.2 Å². The summed E-state index contributed by atoms with van der Waals surface area (Å²) in [5.41, 5.74) is 11.8. The van der Waals surface area contributed by atoms with E-state index in [-0.39, 0.29) is 11.6 Å². The first-order valence-electron chi connectivity index (χ1n) is 16.9. The van der Waals surface area contributed by atoms with E-state index in [0.29, 0.717) is 5.92 Å². The summed E-state index contributed by atoms with van der Waals surface area (Å²) in [4.78, 5) is 2.46. The number of hydrogen-bond donors (Lipinski definition) is 2. The molecule has 2 aliphatic rings. The van der Waals surface area contributed by atoms with Crippen LogP contribution in [0.15, 0.2) is 170 Å². The van der Waals surface area contributed by atoms with Crippen molar-refractivity contribution in [3.8, 4) is 0 Å². The summed E-state index contributed by atoms with van der Waals surface area (Å²) in [6.45, 7) is 6.75. The van der Waals surface area contributed by atoms with Crippen LogP contribution in [0.5, 0.6) is 0 Å². The number of rotatable bonds is 9. The number of hydrogen-bond acceptors (Lipinski definition) is 3. The van der Waals surface area contributed by atoms with Gasteiger partial charge in [0.1, 0.15) is 0 Å². The molecule has 238 valence electrons. The molecule has 0 fully saturated rings. The molecule has 0 aromatic heterocycles. The fourth-order valence-corrected chi connectivity index (χ4v) is 6.69. The zero-order valence-electron chi connectivity index (χ0n) is 28.0. The molecule has 0 radical (unpaired) electrons. The largest absolute Gasteiger partial charge is 0.378 e. The van der Waals surface area contributed by atoms with E-state index in [1.807, 2.05) is 18.2 Å². The lowest BCUT2D eigenvalue weighted by molar-refractivity contribution is 0.571. The first-order chi connectivity index (χ1) is 23.4. The van der Waals surface area contributed by atoms with Crippen molar-refractivity contribution in [3.63, 3.8) is 0 Å². The van der Waals surface area contributed by atoms with Crippen LogP contribution in [0.2, 0.25) is 0 Å². The van der Waals surface area contributed by atoms with Crippen LogP contribution in [0.4, 0.5) is 28.4 Å². The predicted octanol–water partition coefficient (Wildman–Crippen LogP) is 11.7. The van der Waals surface area contributed by atoms with Gasteiger partial charge < -0.3 is 15.5 Å². The van der Waals surface area contributed by atoms with Gasteiger partial charge in [-0.05, 0) is 109 Å². The zero-order chi connectivity index (χ0) is 32.9. The van der Waals surface area contributed by atoms with Crippen LogP contribution in [0, 0.1) is 12.8 Å². The van der Waals surface area contributed by atoms with Gasteiger partial charge in [-0.25, -0.2) is 0 Å². The molecule has 7 rings (SSSR count). The molecule has 3 nitrogen and oxygen atoms in total. The molecular formula is C45H43N3. The Morgan fingerprint density at radius 2 is 1.21 bits per heavy atom. The molecule has 5 aromatic rings. The number of nitrogens with one attached hydrogen (secondary N) is 2. The van der Waals surface area contributed by atoms with E-state index in [2.05, 4.69) is 188 Å². The average molecular weight is 626 g/mol. The van der Waals surface area contributed by atoms with Gasteiger partial charge in [-0.2, -0.15) is 0 Å². The number of anilines is 5. The molecular weight excluding hydrogens is 583 g/mol. The third-order valence-electron chi connectivity index (χ3n) is 9.50. The number of aryl methyl sites for hydroxylation is 1. The maximum atomic E-state index is 3.75. The molecule has 0 spiro atoms. The number of nitrogens with zero attached hydrogens (tertiary/aromatic N) is 1. The lowest BCUT2D eigenvalue weighted by atomic mass is 9.85. The normalized spacial score (nSPS) is 20.1. The summed E-state index contributed by atoms with van der Waals surface area (Å²) in [6.07, 6.45) is 14.9. The molecule has 3 atom stereocenters. The van der Waals surface area contributed by atoms with Gasteiger partial charge in [-0.3, -0.25) is 0 Å². The molecule has 0 bridgehead atoms. The molecule has 0 saturated carbocycles. The first kappa shape index (κ1) is 31.1. The second-order valence-corrected chi connectivity index (χ2v) is 13.2. The van der Waals surface area contributed by atoms with Crippen molar-refractivity contribution >= 4 is 39.6 Å². The Morgan fingerprint density at radius 1 is 0.625 bits per heavy atom. The van der Waals surface area contributed by atoms with E-state index in [0.717, 1.165) is 23.5 Å².